The monoisotopic (exact) mass is 178 g/mol. The topological polar surface area (TPSA) is 57.5 Å². The van der Waals surface area contributed by atoms with Crippen LogP contribution in [0.15, 0.2) is 24.3 Å². The largest absolute Gasteiger partial charge is 0.507 e. The van der Waals surface area contributed by atoms with Crippen LogP contribution in [0.1, 0.15) is 22.8 Å². The highest BCUT2D eigenvalue weighted by atomic mass is 16.4. The Morgan fingerprint density at radius 3 is 2.69 bits per heavy atom. The van der Waals surface area contributed by atoms with E-state index in [1.54, 1.807) is 31.2 Å². The maximum absolute atomic E-state index is 10.7. The van der Waals surface area contributed by atoms with Crippen LogP contribution in [0.4, 0.5) is 0 Å². The molecule has 0 aliphatic heterocycles. The van der Waals surface area contributed by atoms with Gasteiger partial charge in [0.25, 0.3) is 0 Å². The normalized spacial score (nSPS) is 10.5. The summed E-state index contributed by atoms with van der Waals surface area (Å²) in [5, 5.41) is 18.1. The summed E-state index contributed by atoms with van der Waals surface area (Å²) in [5.74, 6) is -1.32. The number of hydrogen-bond acceptors (Lipinski definition) is 2. The zero-order chi connectivity index (χ0) is 9.84. The van der Waals surface area contributed by atoms with E-state index in [0.717, 1.165) is 0 Å². The van der Waals surface area contributed by atoms with Crippen LogP contribution in [0.5, 0.6) is 5.75 Å². The maximum Gasteiger partial charge on any atom is 0.340 e. The van der Waals surface area contributed by atoms with E-state index >= 15 is 0 Å². The molecular weight excluding hydrogens is 168 g/mol. The predicted octanol–water partition coefficient (Wildman–Crippen LogP) is 2.12. The SMILES string of the molecule is C/C=C/c1cccc(O)c1C(=O)O. The third kappa shape index (κ3) is 1.87. The predicted molar refractivity (Wildman–Crippen MR) is 49.8 cm³/mol. The van der Waals surface area contributed by atoms with Crippen LogP contribution in [0.3, 0.4) is 0 Å². The highest BCUT2D eigenvalue weighted by Gasteiger charge is 2.12. The lowest BCUT2D eigenvalue weighted by Gasteiger charge is -2.02. The molecule has 0 saturated carbocycles. The molecule has 3 nitrogen and oxygen atoms in total. The summed E-state index contributed by atoms with van der Waals surface area (Å²) in [4.78, 5) is 10.7. The highest BCUT2D eigenvalue weighted by Crippen LogP contribution is 2.21. The second-order valence-corrected chi connectivity index (χ2v) is 2.55. The second-order valence-electron chi connectivity index (χ2n) is 2.55. The molecule has 0 spiro atoms. The number of carboxylic acids is 1. The smallest absolute Gasteiger partial charge is 0.340 e. The number of hydrogen-bond donors (Lipinski definition) is 2. The maximum atomic E-state index is 10.7. The first kappa shape index (κ1) is 9.32. The van der Waals surface area contributed by atoms with Crippen molar-refractivity contribution in [1.29, 1.82) is 0 Å². The Labute approximate surface area is 76.0 Å². The van der Waals surface area contributed by atoms with Gasteiger partial charge in [-0.15, -0.1) is 0 Å². The number of benzene rings is 1. The third-order valence-corrected chi connectivity index (χ3v) is 1.63. The fraction of sp³-hybridized carbons (Fsp3) is 0.100. The Kier molecular flexibility index (Phi) is 2.69. The zero-order valence-corrected chi connectivity index (χ0v) is 7.19. The van der Waals surface area contributed by atoms with Gasteiger partial charge in [0.15, 0.2) is 0 Å². The van der Waals surface area contributed by atoms with Crippen LogP contribution in [-0.2, 0) is 0 Å². The highest BCUT2D eigenvalue weighted by molar-refractivity contribution is 5.95. The molecule has 0 bridgehead atoms. The molecule has 0 unspecified atom stereocenters. The quantitative estimate of drug-likeness (QED) is 0.729. The van der Waals surface area contributed by atoms with Gasteiger partial charge in [-0.2, -0.15) is 0 Å². The molecule has 0 aliphatic rings. The minimum absolute atomic E-state index is 0.0550. The number of phenols is 1. The van der Waals surface area contributed by atoms with Gasteiger partial charge in [0.05, 0.1) is 0 Å². The average molecular weight is 178 g/mol. The van der Waals surface area contributed by atoms with E-state index in [-0.39, 0.29) is 11.3 Å². The second kappa shape index (κ2) is 3.76. The van der Waals surface area contributed by atoms with Gasteiger partial charge >= 0.3 is 5.97 Å². The molecule has 0 aliphatic carbocycles. The van der Waals surface area contributed by atoms with Crippen LogP contribution < -0.4 is 0 Å². The molecule has 0 heterocycles. The molecule has 1 rings (SSSR count). The summed E-state index contributed by atoms with van der Waals surface area (Å²) < 4.78 is 0. The van der Waals surface area contributed by atoms with Crippen molar-refractivity contribution in [3.8, 4) is 5.75 Å². The van der Waals surface area contributed by atoms with Crippen molar-refractivity contribution in [3.63, 3.8) is 0 Å². The van der Waals surface area contributed by atoms with E-state index in [1.807, 2.05) is 0 Å². The van der Waals surface area contributed by atoms with Gasteiger partial charge < -0.3 is 10.2 Å². The van der Waals surface area contributed by atoms with Crippen LogP contribution in [0.25, 0.3) is 6.08 Å². The third-order valence-electron chi connectivity index (χ3n) is 1.63. The standard InChI is InChI=1S/C10H10O3/c1-2-4-7-5-3-6-8(11)9(7)10(12)13/h2-6,11H,1H3,(H,12,13)/b4-2+. The van der Waals surface area contributed by atoms with Gasteiger partial charge in [0.2, 0.25) is 0 Å². The number of aromatic carboxylic acids is 1. The molecule has 1 aromatic rings. The van der Waals surface area contributed by atoms with Crippen molar-refractivity contribution in [2.45, 2.75) is 6.92 Å². The first-order valence-electron chi connectivity index (χ1n) is 3.84. The molecule has 1 aromatic carbocycles. The van der Waals surface area contributed by atoms with Gasteiger partial charge in [-0.05, 0) is 18.6 Å². The van der Waals surface area contributed by atoms with E-state index in [1.165, 1.54) is 6.07 Å². The van der Waals surface area contributed by atoms with Crippen LogP contribution in [-0.4, -0.2) is 16.2 Å². The summed E-state index contributed by atoms with van der Waals surface area (Å²) >= 11 is 0. The van der Waals surface area contributed by atoms with E-state index in [2.05, 4.69) is 0 Å². The summed E-state index contributed by atoms with van der Waals surface area (Å²) in [6.07, 6.45) is 3.37. The summed E-state index contributed by atoms with van der Waals surface area (Å²) in [6.45, 7) is 1.79. The molecule has 0 atom stereocenters. The molecule has 0 aromatic heterocycles. The molecule has 0 radical (unpaired) electrons. The van der Waals surface area contributed by atoms with E-state index in [0.29, 0.717) is 5.56 Å². The van der Waals surface area contributed by atoms with Crippen molar-refractivity contribution in [1.82, 2.24) is 0 Å². The Hall–Kier alpha value is -1.77. The lowest BCUT2D eigenvalue weighted by molar-refractivity contribution is 0.0693. The summed E-state index contributed by atoms with van der Waals surface area (Å²) in [7, 11) is 0. The number of aromatic hydroxyl groups is 1. The van der Waals surface area contributed by atoms with Gasteiger partial charge in [0, 0.05) is 0 Å². The fourth-order valence-electron chi connectivity index (χ4n) is 1.11. The molecule has 13 heavy (non-hydrogen) atoms. The Bertz CT molecular complexity index is 353. The van der Waals surface area contributed by atoms with Crippen LogP contribution >= 0.6 is 0 Å². The molecule has 0 saturated heterocycles. The fourth-order valence-corrected chi connectivity index (χ4v) is 1.11. The van der Waals surface area contributed by atoms with Crippen molar-refractivity contribution < 1.29 is 15.0 Å². The minimum Gasteiger partial charge on any atom is -0.507 e. The van der Waals surface area contributed by atoms with Gasteiger partial charge in [-0.1, -0.05) is 24.3 Å². The first-order valence-corrected chi connectivity index (χ1v) is 3.84. The van der Waals surface area contributed by atoms with E-state index in [4.69, 9.17) is 5.11 Å². The molecule has 3 heteroatoms. The molecular formula is C10H10O3. The van der Waals surface area contributed by atoms with Gasteiger partial charge in [0.1, 0.15) is 11.3 Å². The number of carbonyl (C=O) groups is 1. The van der Waals surface area contributed by atoms with Crippen molar-refractivity contribution in [3.05, 3.63) is 35.4 Å². The van der Waals surface area contributed by atoms with Crippen molar-refractivity contribution >= 4 is 12.0 Å². The molecule has 2 N–H and O–H groups in total. The van der Waals surface area contributed by atoms with Crippen molar-refractivity contribution in [2.24, 2.45) is 0 Å². The lowest BCUT2D eigenvalue weighted by atomic mass is 10.1. The van der Waals surface area contributed by atoms with Crippen LogP contribution in [0.2, 0.25) is 0 Å². The lowest BCUT2D eigenvalue weighted by Crippen LogP contribution is -1.99. The van der Waals surface area contributed by atoms with Crippen LogP contribution in [0, 0.1) is 0 Å². The Morgan fingerprint density at radius 1 is 1.46 bits per heavy atom. The van der Waals surface area contributed by atoms with E-state index < -0.39 is 5.97 Å². The summed E-state index contributed by atoms with van der Waals surface area (Å²) in [5.41, 5.74) is 0.454. The minimum atomic E-state index is -1.12. The molecule has 68 valence electrons. The van der Waals surface area contributed by atoms with Gasteiger partial charge in [-0.3, -0.25) is 0 Å². The van der Waals surface area contributed by atoms with Gasteiger partial charge in [-0.25, -0.2) is 4.79 Å². The molecule has 0 fully saturated rings. The van der Waals surface area contributed by atoms with Crippen molar-refractivity contribution in [2.75, 3.05) is 0 Å². The van der Waals surface area contributed by atoms with E-state index in [9.17, 15) is 9.90 Å². The zero-order valence-electron chi connectivity index (χ0n) is 7.19. The number of allylic oxidation sites excluding steroid dienone is 1. The Balaban J connectivity index is 3.34. The number of rotatable bonds is 2. The first-order chi connectivity index (χ1) is 6.16. The number of carboxylic acid groups (broad SMARTS) is 1. The molecule has 0 amide bonds. The average Bonchev–Trinajstić information content (AvgIpc) is 2.04. The summed E-state index contributed by atoms with van der Waals surface area (Å²) in [6, 6.07) is 4.61. The Morgan fingerprint density at radius 2 is 2.15 bits per heavy atom.